The maximum atomic E-state index is 13.1. The molecular weight excluding hydrogens is 407 g/mol. The summed E-state index contributed by atoms with van der Waals surface area (Å²) in [5, 5.41) is 0. The fraction of sp³-hybridized carbons (Fsp3) is 0.409. The Morgan fingerprint density at radius 2 is 1.70 bits per heavy atom. The number of methoxy groups -OCH3 is 1. The van der Waals surface area contributed by atoms with E-state index < -0.39 is 9.84 Å². The molecule has 1 amide bonds. The zero-order chi connectivity index (χ0) is 21.6. The van der Waals surface area contributed by atoms with Crippen LogP contribution >= 0.6 is 0 Å². The second-order valence-electron chi connectivity index (χ2n) is 7.38. The van der Waals surface area contributed by atoms with E-state index in [4.69, 9.17) is 4.74 Å². The van der Waals surface area contributed by atoms with Crippen molar-refractivity contribution in [1.82, 2.24) is 9.80 Å². The Morgan fingerprint density at radius 3 is 2.37 bits per heavy atom. The van der Waals surface area contributed by atoms with Crippen molar-refractivity contribution in [3.8, 4) is 0 Å². The van der Waals surface area contributed by atoms with Gasteiger partial charge in [0.15, 0.2) is 9.84 Å². The number of rotatable bonds is 7. The first-order valence-corrected chi connectivity index (χ1v) is 11.6. The van der Waals surface area contributed by atoms with Crippen molar-refractivity contribution in [3.05, 3.63) is 65.5 Å². The number of carbonyl (C=O) groups is 1. The SMILES string of the molecule is COCCS(=O)(=O)c1ccc(C(=O)N2CCCN(Cc3ccc(F)cc3)CC2)cc1. The van der Waals surface area contributed by atoms with Crippen LogP contribution in [0, 0.1) is 5.82 Å². The molecule has 0 saturated carbocycles. The van der Waals surface area contributed by atoms with E-state index in [2.05, 4.69) is 4.90 Å². The molecular formula is C22H27FN2O4S. The molecule has 1 saturated heterocycles. The summed E-state index contributed by atoms with van der Waals surface area (Å²) >= 11 is 0. The molecule has 6 nitrogen and oxygen atoms in total. The molecule has 2 aromatic rings. The minimum absolute atomic E-state index is 0.0905. The third kappa shape index (κ3) is 5.87. The van der Waals surface area contributed by atoms with Crippen LogP contribution < -0.4 is 0 Å². The average Bonchev–Trinajstić information content (AvgIpc) is 2.99. The fourth-order valence-corrected chi connectivity index (χ4v) is 4.65. The van der Waals surface area contributed by atoms with Crippen LogP contribution in [0.2, 0.25) is 0 Å². The molecule has 2 aromatic carbocycles. The second-order valence-corrected chi connectivity index (χ2v) is 9.49. The predicted molar refractivity (Wildman–Crippen MR) is 113 cm³/mol. The number of hydrogen-bond acceptors (Lipinski definition) is 5. The van der Waals surface area contributed by atoms with Crippen LogP contribution in [-0.2, 0) is 21.1 Å². The zero-order valence-corrected chi connectivity index (χ0v) is 17.9. The van der Waals surface area contributed by atoms with E-state index in [1.165, 1.54) is 31.4 Å². The lowest BCUT2D eigenvalue weighted by Gasteiger charge is -2.22. The maximum absolute atomic E-state index is 13.1. The Labute approximate surface area is 177 Å². The number of hydrogen-bond donors (Lipinski definition) is 0. The summed E-state index contributed by atoms with van der Waals surface area (Å²) in [5.41, 5.74) is 1.52. The topological polar surface area (TPSA) is 66.9 Å². The second kappa shape index (κ2) is 10.1. The van der Waals surface area contributed by atoms with Crippen LogP contribution in [-0.4, -0.2) is 69.8 Å². The van der Waals surface area contributed by atoms with Crippen molar-refractivity contribution in [2.24, 2.45) is 0 Å². The standard InChI is InChI=1S/C22H27FN2O4S/c1-29-15-16-30(27,28)21-9-5-19(6-10-21)22(26)25-12-2-11-24(13-14-25)17-18-3-7-20(23)8-4-18/h3-10H,2,11-17H2,1H3. The van der Waals surface area contributed by atoms with E-state index in [1.54, 1.807) is 29.2 Å². The first-order chi connectivity index (χ1) is 14.4. The van der Waals surface area contributed by atoms with Gasteiger partial charge in [-0.05, 0) is 48.4 Å². The molecule has 8 heteroatoms. The maximum Gasteiger partial charge on any atom is 0.253 e. The zero-order valence-electron chi connectivity index (χ0n) is 17.1. The molecule has 0 N–H and O–H groups in total. The van der Waals surface area contributed by atoms with Crippen molar-refractivity contribution in [3.63, 3.8) is 0 Å². The molecule has 0 atom stereocenters. The Hall–Kier alpha value is -2.29. The predicted octanol–water partition coefficient (Wildman–Crippen LogP) is 2.59. The summed E-state index contributed by atoms with van der Waals surface area (Å²) in [6.45, 7) is 3.67. The van der Waals surface area contributed by atoms with Crippen molar-refractivity contribution in [2.45, 2.75) is 17.9 Å². The molecule has 1 fully saturated rings. The monoisotopic (exact) mass is 434 g/mol. The molecule has 3 rings (SSSR count). The molecule has 1 heterocycles. The quantitative estimate of drug-likeness (QED) is 0.670. The number of halogens is 1. The number of carbonyl (C=O) groups excluding carboxylic acids is 1. The highest BCUT2D eigenvalue weighted by Gasteiger charge is 2.21. The summed E-state index contributed by atoms with van der Waals surface area (Å²) in [6.07, 6.45) is 0.844. The van der Waals surface area contributed by atoms with Gasteiger partial charge in [-0.1, -0.05) is 12.1 Å². The van der Waals surface area contributed by atoms with Gasteiger partial charge in [0.05, 0.1) is 17.3 Å². The van der Waals surface area contributed by atoms with Crippen LogP contribution in [0.1, 0.15) is 22.3 Å². The highest BCUT2D eigenvalue weighted by Crippen LogP contribution is 2.16. The van der Waals surface area contributed by atoms with Gasteiger partial charge in [0.2, 0.25) is 0 Å². The van der Waals surface area contributed by atoms with E-state index in [-0.39, 0.29) is 29.0 Å². The van der Waals surface area contributed by atoms with E-state index in [9.17, 15) is 17.6 Å². The Morgan fingerprint density at radius 1 is 1.00 bits per heavy atom. The first-order valence-electron chi connectivity index (χ1n) is 9.97. The third-order valence-electron chi connectivity index (χ3n) is 5.21. The smallest absolute Gasteiger partial charge is 0.253 e. The van der Waals surface area contributed by atoms with Crippen LogP contribution in [0.3, 0.4) is 0 Å². The first kappa shape index (κ1) is 22.4. The number of ether oxygens (including phenoxy) is 1. The van der Waals surface area contributed by atoms with Gasteiger partial charge in [0.25, 0.3) is 5.91 Å². The van der Waals surface area contributed by atoms with Gasteiger partial charge < -0.3 is 9.64 Å². The molecule has 0 aromatic heterocycles. The van der Waals surface area contributed by atoms with Crippen LogP contribution in [0.25, 0.3) is 0 Å². The summed E-state index contributed by atoms with van der Waals surface area (Å²) in [5.74, 6) is -0.435. The highest BCUT2D eigenvalue weighted by atomic mass is 32.2. The third-order valence-corrected chi connectivity index (χ3v) is 6.91. The van der Waals surface area contributed by atoms with E-state index in [0.717, 1.165) is 31.6 Å². The van der Waals surface area contributed by atoms with Crippen molar-refractivity contribution < 1.29 is 22.3 Å². The van der Waals surface area contributed by atoms with Gasteiger partial charge in [0, 0.05) is 45.4 Å². The summed E-state index contributed by atoms with van der Waals surface area (Å²) < 4.78 is 42.4. The lowest BCUT2D eigenvalue weighted by molar-refractivity contribution is 0.0761. The molecule has 162 valence electrons. The number of sulfone groups is 1. The van der Waals surface area contributed by atoms with Gasteiger partial charge in [-0.3, -0.25) is 9.69 Å². The van der Waals surface area contributed by atoms with E-state index in [0.29, 0.717) is 18.7 Å². The lowest BCUT2D eigenvalue weighted by Crippen LogP contribution is -2.35. The normalized spacial score (nSPS) is 15.7. The minimum Gasteiger partial charge on any atom is -0.384 e. The van der Waals surface area contributed by atoms with E-state index in [1.807, 2.05) is 0 Å². The van der Waals surface area contributed by atoms with Crippen LogP contribution in [0.15, 0.2) is 53.4 Å². The Bertz CT molecular complexity index is 946. The number of nitrogens with zero attached hydrogens (tertiary/aromatic N) is 2. The number of benzene rings is 2. The van der Waals surface area contributed by atoms with Gasteiger partial charge in [-0.2, -0.15) is 0 Å². The van der Waals surface area contributed by atoms with Gasteiger partial charge in [-0.25, -0.2) is 12.8 Å². The largest absolute Gasteiger partial charge is 0.384 e. The summed E-state index contributed by atoms with van der Waals surface area (Å²) in [6, 6.07) is 12.6. The summed E-state index contributed by atoms with van der Waals surface area (Å²) in [4.78, 5) is 17.1. The van der Waals surface area contributed by atoms with Crippen LogP contribution in [0.4, 0.5) is 4.39 Å². The molecule has 0 unspecified atom stereocenters. The molecule has 1 aliphatic rings. The van der Waals surface area contributed by atoms with Crippen molar-refractivity contribution in [2.75, 3.05) is 45.6 Å². The highest BCUT2D eigenvalue weighted by molar-refractivity contribution is 7.91. The van der Waals surface area contributed by atoms with Crippen molar-refractivity contribution in [1.29, 1.82) is 0 Å². The van der Waals surface area contributed by atoms with Gasteiger partial charge >= 0.3 is 0 Å². The van der Waals surface area contributed by atoms with Gasteiger partial charge in [0.1, 0.15) is 5.82 Å². The Balaban J connectivity index is 1.59. The molecule has 0 aliphatic carbocycles. The molecule has 1 aliphatic heterocycles. The molecule has 0 radical (unpaired) electrons. The molecule has 30 heavy (non-hydrogen) atoms. The summed E-state index contributed by atoms with van der Waals surface area (Å²) in [7, 11) is -1.96. The molecule has 0 spiro atoms. The number of amides is 1. The molecule has 0 bridgehead atoms. The average molecular weight is 435 g/mol. The minimum atomic E-state index is -3.42. The van der Waals surface area contributed by atoms with Gasteiger partial charge in [-0.15, -0.1) is 0 Å². The lowest BCUT2D eigenvalue weighted by atomic mass is 10.2. The van der Waals surface area contributed by atoms with Crippen molar-refractivity contribution >= 4 is 15.7 Å². The van der Waals surface area contributed by atoms with E-state index >= 15 is 0 Å². The fourth-order valence-electron chi connectivity index (χ4n) is 3.48. The van der Waals surface area contributed by atoms with Crippen LogP contribution in [0.5, 0.6) is 0 Å². The Kier molecular flexibility index (Phi) is 7.58.